The van der Waals surface area contributed by atoms with Crippen molar-refractivity contribution in [2.75, 3.05) is 47.4 Å². The molecule has 1 saturated heterocycles. The molecule has 5 rings (SSSR count). The fourth-order valence-electron chi connectivity index (χ4n) is 4.40. The number of H-pyrrole nitrogens is 1. The normalized spacial score (nSPS) is 13.9. The summed E-state index contributed by atoms with van der Waals surface area (Å²) in [6.45, 7) is 2.82. The molecule has 0 unspecified atom stereocenters. The highest BCUT2D eigenvalue weighted by Gasteiger charge is 2.33. The summed E-state index contributed by atoms with van der Waals surface area (Å²) in [5, 5.41) is 16.3. The summed E-state index contributed by atoms with van der Waals surface area (Å²) in [7, 11) is 0. The molecule has 196 valence electrons. The Bertz CT molecular complexity index is 1510. The predicted octanol–water partition coefficient (Wildman–Crippen LogP) is 4.57. The fraction of sp³-hybridized carbons (Fsp3) is 0.192. The van der Waals surface area contributed by atoms with Crippen molar-refractivity contribution in [2.45, 2.75) is 6.18 Å². The van der Waals surface area contributed by atoms with E-state index in [2.05, 4.69) is 30.8 Å². The lowest BCUT2D eigenvalue weighted by molar-refractivity contribution is -0.136. The van der Waals surface area contributed by atoms with Crippen LogP contribution in [0, 0.1) is 5.41 Å². The van der Waals surface area contributed by atoms with Gasteiger partial charge in [-0.15, -0.1) is 0 Å². The summed E-state index contributed by atoms with van der Waals surface area (Å²) >= 11 is 0. The number of carbonyl (C=O) groups is 1. The molecule has 0 radical (unpaired) electrons. The fourth-order valence-corrected chi connectivity index (χ4v) is 4.40. The Hall–Kier alpha value is -4.58. The van der Waals surface area contributed by atoms with E-state index in [0.29, 0.717) is 52.3 Å². The van der Waals surface area contributed by atoms with Crippen LogP contribution >= 0.6 is 0 Å². The van der Waals surface area contributed by atoms with Crippen LogP contribution in [0.3, 0.4) is 0 Å². The molecule has 0 saturated carbocycles. The molecule has 4 aromatic rings. The van der Waals surface area contributed by atoms with Gasteiger partial charge in [0.2, 0.25) is 5.95 Å². The highest BCUT2D eigenvalue weighted by molar-refractivity contribution is 6.10. The van der Waals surface area contributed by atoms with Crippen LogP contribution in [0.25, 0.3) is 11.0 Å². The number of nitrogens with one attached hydrogen (secondary N) is 5. The van der Waals surface area contributed by atoms with Gasteiger partial charge in [0.05, 0.1) is 33.5 Å². The number of anilines is 5. The number of alkyl halides is 3. The number of piperazine rings is 1. The molecular weight excluding hydrogens is 497 g/mol. The number of nitrogen functional groups attached to an aromatic ring is 1. The molecule has 1 aliphatic rings. The molecule has 2 heterocycles. The monoisotopic (exact) mass is 522 g/mol. The number of halogens is 3. The lowest BCUT2D eigenvalue weighted by Crippen LogP contribution is -2.44. The number of amides is 1. The van der Waals surface area contributed by atoms with Gasteiger partial charge in [-0.3, -0.25) is 4.79 Å². The van der Waals surface area contributed by atoms with Gasteiger partial charge in [0.1, 0.15) is 0 Å². The zero-order chi connectivity index (χ0) is 26.9. The number of nitrogens with zero attached hydrogens (tertiary/aromatic N) is 2. The van der Waals surface area contributed by atoms with Crippen LogP contribution in [-0.2, 0) is 6.18 Å². The second kappa shape index (κ2) is 10.1. The van der Waals surface area contributed by atoms with E-state index in [-0.39, 0.29) is 17.5 Å². The lowest BCUT2D eigenvalue weighted by atomic mass is 10.1. The van der Waals surface area contributed by atoms with Crippen LogP contribution in [0.2, 0.25) is 0 Å². The average Bonchev–Trinajstić information content (AvgIpc) is 3.29. The van der Waals surface area contributed by atoms with Crippen LogP contribution in [0.4, 0.5) is 41.9 Å². The van der Waals surface area contributed by atoms with E-state index in [1.807, 2.05) is 0 Å². The van der Waals surface area contributed by atoms with E-state index >= 15 is 0 Å². The van der Waals surface area contributed by atoms with Gasteiger partial charge in [0.15, 0.2) is 0 Å². The third-order valence-electron chi connectivity index (χ3n) is 6.29. The van der Waals surface area contributed by atoms with E-state index in [1.165, 1.54) is 18.2 Å². The van der Waals surface area contributed by atoms with Crippen molar-refractivity contribution in [1.82, 2.24) is 15.3 Å². The number of rotatable bonds is 6. The predicted molar refractivity (Wildman–Crippen MR) is 143 cm³/mol. The Morgan fingerprint density at radius 3 is 2.58 bits per heavy atom. The highest BCUT2D eigenvalue weighted by atomic mass is 19.4. The van der Waals surface area contributed by atoms with Crippen molar-refractivity contribution < 1.29 is 18.0 Å². The SMILES string of the molecule is N=Cc1ccc(NC(=O)c2cc3nc(Nc4ccccc4C(F)(F)F)[nH]c3cc2N2CCNCC2)cc1N. The van der Waals surface area contributed by atoms with Gasteiger partial charge in [-0.1, -0.05) is 12.1 Å². The number of nitrogens with two attached hydrogens (primary N) is 1. The molecule has 3 aromatic carbocycles. The molecule has 0 spiro atoms. The highest BCUT2D eigenvalue weighted by Crippen LogP contribution is 2.36. The maximum absolute atomic E-state index is 13.5. The minimum Gasteiger partial charge on any atom is -0.398 e. The number of benzene rings is 3. The van der Waals surface area contributed by atoms with E-state index in [9.17, 15) is 18.0 Å². The molecule has 0 bridgehead atoms. The maximum Gasteiger partial charge on any atom is 0.418 e. The van der Waals surface area contributed by atoms with Crippen LogP contribution < -0.4 is 26.6 Å². The topological polar surface area (TPSA) is 135 Å². The Kier molecular flexibility index (Phi) is 6.64. The van der Waals surface area contributed by atoms with Crippen LogP contribution in [0.15, 0.2) is 54.6 Å². The van der Waals surface area contributed by atoms with Gasteiger partial charge in [-0.25, -0.2) is 4.98 Å². The minimum atomic E-state index is -4.53. The summed E-state index contributed by atoms with van der Waals surface area (Å²) in [6.07, 6.45) is -3.40. The Labute approximate surface area is 215 Å². The summed E-state index contributed by atoms with van der Waals surface area (Å²) in [5.74, 6) is -0.266. The third-order valence-corrected chi connectivity index (χ3v) is 6.29. The number of hydrogen-bond donors (Lipinski definition) is 6. The standard InChI is InChI=1S/C26H25F3N8O/c27-26(28,29)18-3-1-2-4-20(18)34-25-35-21-12-17(23(13-22(21)36-25)37-9-7-32-8-10-37)24(38)33-16-6-5-15(14-30)19(31)11-16/h1-6,11-14,30,32H,7-10,31H2,(H,33,38)(H2,34,35,36). The maximum atomic E-state index is 13.5. The smallest absolute Gasteiger partial charge is 0.398 e. The summed E-state index contributed by atoms with van der Waals surface area (Å²) in [4.78, 5) is 22.9. The summed E-state index contributed by atoms with van der Waals surface area (Å²) in [5.41, 5.74) is 8.41. The molecule has 9 nitrogen and oxygen atoms in total. The van der Waals surface area contributed by atoms with Gasteiger partial charge >= 0.3 is 6.18 Å². The second-order valence-corrected chi connectivity index (χ2v) is 8.82. The van der Waals surface area contributed by atoms with E-state index in [0.717, 1.165) is 25.4 Å². The van der Waals surface area contributed by atoms with Gasteiger partial charge < -0.3 is 37.0 Å². The van der Waals surface area contributed by atoms with Crippen molar-refractivity contribution in [3.8, 4) is 0 Å². The number of imidazole rings is 1. The number of fused-ring (bicyclic) bond motifs is 1. The van der Waals surface area contributed by atoms with E-state index in [4.69, 9.17) is 11.1 Å². The molecule has 0 atom stereocenters. The lowest BCUT2D eigenvalue weighted by Gasteiger charge is -2.31. The quantitative estimate of drug-likeness (QED) is 0.162. The molecule has 1 fully saturated rings. The van der Waals surface area contributed by atoms with Gasteiger partial charge in [-0.2, -0.15) is 13.2 Å². The Morgan fingerprint density at radius 1 is 1.11 bits per heavy atom. The number of aromatic amines is 1. The number of carbonyl (C=O) groups excluding carboxylic acids is 1. The molecule has 7 N–H and O–H groups in total. The summed E-state index contributed by atoms with van der Waals surface area (Å²) in [6, 6.07) is 13.4. The van der Waals surface area contributed by atoms with Gasteiger partial charge in [-0.05, 0) is 42.5 Å². The Morgan fingerprint density at radius 2 is 1.87 bits per heavy atom. The zero-order valence-corrected chi connectivity index (χ0v) is 20.1. The van der Waals surface area contributed by atoms with Crippen molar-refractivity contribution in [3.05, 3.63) is 71.3 Å². The van der Waals surface area contributed by atoms with Crippen molar-refractivity contribution in [3.63, 3.8) is 0 Å². The van der Waals surface area contributed by atoms with Gasteiger partial charge in [0.25, 0.3) is 5.91 Å². The molecule has 12 heteroatoms. The van der Waals surface area contributed by atoms with E-state index < -0.39 is 11.7 Å². The molecule has 0 aliphatic carbocycles. The third kappa shape index (κ3) is 5.11. The van der Waals surface area contributed by atoms with Gasteiger partial charge in [0, 0.05) is 49.3 Å². The van der Waals surface area contributed by atoms with E-state index in [1.54, 1.807) is 30.3 Å². The van der Waals surface area contributed by atoms with Crippen molar-refractivity contribution >= 4 is 51.9 Å². The first kappa shape index (κ1) is 25.1. The van der Waals surface area contributed by atoms with Crippen molar-refractivity contribution in [2.24, 2.45) is 0 Å². The number of para-hydroxylation sites is 1. The van der Waals surface area contributed by atoms with Crippen LogP contribution in [0.5, 0.6) is 0 Å². The van der Waals surface area contributed by atoms with Crippen LogP contribution in [0.1, 0.15) is 21.5 Å². The number of hydrogen-bond acceptors (Lipinski definition) is 7. The molecule has 38 heavy (non-hydrogen) atoms. The largest absolute Gasteiger partial charge is 0.418 e. The second-order valence-electron chi connectivity index (χ2n) is 8.82. The average molecular weight is 523 g/mol. The zero-order valence-electron chi connectivity index (χ0n) is 20.1. The number of aromatic nitrogens is 2. The minimum absolute atomic E-state index is 0.121. The first-order valence-electron chi connectivity index (χ1n) is 11.9. The first-order chi connectivity index (χ1) is 18.2. The van der Waals surface area contributed by atoms with Crippen LogP contribution in [-0.4, -0.2) is 48.3 Å². The Balaban J connectivity index is 1.51. The molecule has 1 amide bonds. The molecule has 1 aromatic heterocycles. The summed E-state index contributed by atoms with van der Waals surface area (Å²) < 4.78 is 40.4. The molecular formula is C26H25F3N8O. The first-order valence-corrected chi connectivity index (χ1v) is 11.9. The molecule has 1 aliphatic heterocycles. The van der Waals surface area contributed by atoms with Crippen molar-refractivity contribution in [1.29, 1.82) is 5.41 Å².